The fraction of sp³-hybridized carbons (Fsp3) is 0.467. The number of nitrogens with two attached hydrogens (primary N) is 1. The number of anilines is 1. The third-order valence-corrected chi connectivity index (χ3v) is 3.50. The Bertz CT molecular complexity index is 482. The van der Waals surface area contributed by atoms with Gasteiger partial charge in [0.2, 0.25) is 0 Å². The lowest BCUT2D eigenvalue weighted by molar-refractivity contribution is 0.214. The smallest absolute Gasteiger partial charge is 0.321 e. The number of amides is 2. The molecular formula is C15H21N3O2S. The van der Waals surface area contributed by atoms with Crippen molar-refractivity contribution in [3.05, 3.63) is 24.3 Å². The van der Waals surface area contributed by atoms with E-state index in [1.165, 1.54) is 12.8 Å². The zero-order chi connectivity index (χ0) is 15.1. The van der Waals surface area contributed by atoms with E-state index in [4.69, 9.17) is 22.7 Å². The highest BCUT2D eigenvalue weighted by Crippen LogP contribution is 2.17. The lowest BCUT2D eigenvalue weighted by Gasteiger charge is -2.20. The van der Waals surface area contributed by atoms with Crippen LogP contribution in [-0.4, -0.2) is 35.6 Å². The summed E-state index contributed by atoms with van der Waals surface area (Å²) in [7, 11) is 0. The maximum atomic E-state index is 12.2. The lowest BCUT2D eigenvalue weighted by atomic mass is 10.2. The van der Waals surface area contributed by atoms with Crippen molar-refractivity contribution in [3.8, 4) is 5.75 Å². The van der Waals surface area contributed by atoms with E-state index in [0.717, 1.165) is 31.6 Å². The number of nitrogens with zero attached hydrogens (tertiary/aromatic N) is 1. The van der Waals surface area contributed by atoms with Crippen LogP contribution in [0, 0.1) is 0 Å². The van der Waals surface area contributed by atoms with Crippen LogP contribution in [0.4, 0.5) is 10.5 Å². The highest BCUT2D eigenvalue weighted by molar-refractivity contribution is 7.80. The van der Waals surface area contributed by atoms with Crippen LogP contribution in [-0.2, 0) is 0 Å². The first-order valence-corrected chi connectivity index (χ1v) is 7.63. The fourth-order valence-corrected chi connectivity index (χ4v) is 2.32. The first kappa shape index (κ1) is 15.6. The molecule has 1 aliphatic heterocycles. The standard InChI is InChI=1S/C15H21N3O2S/c16-14(21)11-20-13-7-5-12(6-8-13)17-15(19)18-9-3-1-2-4-10-18/h5-8H,1-4,9-11H2,(H2,16,21)(H,17,19). The van der Waals surface area contributed by atoms with Crippen LogP contribution in [0.15, 0.2) is 24.3 Å². The number of hydrogen-bond donors (Lipinski definition) is 2. The van der Waals surface area contributed by atoms with Crippen LogP contribution in [0.1, 0.15) is 25.7 Å². The maximum Gasteiger partial charge on any atom is 0.321 e. The summed E-state index contributed by atoms with van der Waals surface area (Å²) in [5.74, 6) is 0.676. The molecule has 0 unspecified atom stereocenters. The van der Waals surface area contributed by atoms with Gasteiger partial charge >= 0.3 is 6.03 Å². The molecule has 0 aliphatic carbocycles. The first-order valence-electron chi connectivity index (χ1n) is 7.22. The SMILES string of the molecule is NC(=S)COc1ccc(NC(=O)N2CCCCCC2)cc1. The summed E-state index contributed by atoms with van der Waals surface area (Å²) >= 11 is 4.75. The van der Waals surface area contributed by atoms with Crippen LogP contribution >= 0.6 is 12.2 Å². The molecule has 1 saturated heterocycles. The molecule has 0 spiro atoms. The second-order valence-electron chi connectivity index (χ2n) is 5.11. The van der Waals surface area contributed by atoms with E-state index in [-0.39, 0.29) is 12.6 Å². The minimum absolute atomic E-state index is 0.0336. The molecule has 1 aromatic rings. The van der Waals surface area contributed by atoms with Gasteiger partial charge in [-0.1, -0.05) is 25.1 Å². The van der Waals surface area contributed by atoms with Gasteiger partial charge in [-0.3, -0.25) is 0 Å². The summed E-state index contributed by atoms with van der Waals surface area (Å²) < 4.78 is 5.37. The molecule has 3 N–H and O–H groups in total. The molecule has 1 aliphatic rings. The Balaban J connectivity index is 1.87. The molecule has 0 radical (unpaired) electrons. The zero-order valence-electron chi connectivity index (χ0n) is 12.0. The van der Waals surface area contributed by atoms with Crippen molar-refractivity contribution in [2.75, 3.05) is 25.0 Å². The third-order valence-electron chi connectivity index (χ3n) is 3.38. The van der Waals surface area contributed by atoms with E-state index >= 15 is 0 Å². The van der Waals surface area contributed by atoms with Crippen molar-refractivity contribution in [1.82, 2.24) is 4.90 Å². The Morgan fingerprint density at radius 1 is 1.19 bits per heavy atom. The van der Waals surface area contributed by atoms with E-state index in [1.807, 2.05) is 17.0 Å². The number of carbonyl (C=O) groups is 1. The molecule has 6 heteroatoms. The van der Waals surface area contributed by atoms with Gasteiger partial charge in [0.15, 0.2) is 0 Å². The Hall–Kier alpha value is -1.82. The Morgan fingerprint density at radius 3 is 2.38 bits per heavy atom. The van der Waals surface area contributed by atoms with Gasteiger partial charge in [-0.2, -0.15) is 0 Å². The van der Waals surface area contributed by atoms with E-state index in [0.29, 0.717) is 10.7 Å². The van der Waals surface area contributed by atoms with Crippen molar-refractivity contribution >= 4 is 28.9 Å². The predicted octanol–water partition coefficient (Wildman–Crippen LogP) is 2.76. The summed E-state index contributed by atoms with van der Waals surface area (Å²) in [5, 5.41) is 2.91. The number of urea groups is 1. The van der Waals surface area contributed by atoms with Gasteiger partial charge in [-0.05, 0) is 37.1 Å². The molecule has 0 bridgehead atoms. The minimum Gasteiger partial charge on any atom is -0.487 e. The van der Waals surface area contributed by atoms with Crippen molar-refractivity contribution < 1.29 is 9.53 Å². The fourth-order valence-electron chi connectivity index (χ4n) is 2.27. The molecule has 1 heterocycles. The molecule has 0 aromatic heterocycles. The number of benzene rings is 1. The third kappa shape index (κ3) is 5.23. The summed E-state index contributed by atoms with van der Waals surface area (Å²) in [6, 6.07) is 7.16. The largest absolute Gasteiger partial charge is 0.487 e. The van der Waals surface area contributed by atoms with Gasteiger partial charge in [0, 0.05) is 18.8 Å². The van der Waals surface area contributed by atoms with E-state index in [9.17, 15) is 4.79 Å². The van der Waals surface area contributed by atoms with Gasteiger partial charge in [0.05, 0.1) is 0 Å². The monoisotopic (exact) mass is 307 g/mol. The molecule has 5 nitrogen and oxygen atoms in total. The maximum absolute atomic E-state index is 12.2. The molecule has 114 valence electrons. The van der Waals surface area contributed by atoms with Gasteiger partial charge in [-0.15, -0.1) is 0 Å². The Morgan fingerprint density at radius 2 is 1.81 bits per heavy atom. The molecule has 0 atom stereocenters. The first-order chi connectivity index (χ1) is 10.1. The molecule has 0 saturated carbocycles. The Labute approximate surface area is 130 Å². The average Bonchev–Trinajstić information content (AvgIpc) is 2.75. The number of thiocarbonyl (C=S) groups is 1. The van der Waals surface area contributed by atoms with Crippen LogP contribution < -0.4 is 15.8 Å². The predicted molar refractivity (Wildman–Crippen MR) is 87.8 cm³/mol. The highest BCUT2D eigenvalue weighted by Gasteiger charge is 2.15. The van der Waals surface area contributed by atoms with Crippen molar-refractivity contribution in [3.63, 3.8) is 0 Å². The van der Waals surface area contributed by atoms with Crippen LogP contribution in [0.3, 0.4) is 0 Å². The van der Waals surface area contributed by atoms with Gasteiger partial charge in [0.1, 0.15) is 17.3 Å². The highest BCUT2D eigenvalue weighted by atomic mass is 32.1. The topological polar surface area (TPSA) is 67.6 Å². The Kier molecular flexibility index (Phi) is 5.80. The van der Waals surface area contributed by atoms with Crippen molar-refractivity contribution in [2.45, 2.75) is 25.7 Å². The normalized spacial score (nSPS) is 15.1. The van der Waals surface area contributed by atoms with Crippen LogP contribution in [0.2, 0.25) is 0 Å². The molecule has 21 heavy (non-hydrogen) atoms. The van der Waals surface area contributed by atoms with Crippen LogP contribution in [0.25, 0.3) is 0 Å². The summed E-state index contributed by atoms with van der Waals surface area (Å²) in [4.78, 5) is 14.4. The summed E-state index contributed by atoms with van der Waals surface area (Å²) in [6.45, 7) is 1.89. The number of nitrogens with one attached hydrogen (secondary N) is 1. The van der Waals surface area contributed by atoms with E-state index in [1.54, 1.807) is 12.1 Å². The van der Waals surface area contributed by atoms with Crippen molar-refractivity contribution in [2.24, 2.45) is 5.73 Å². The quantitative estimate of drug-likeness (QED) is 0.839. The van der Waals surface area contributed by atoms with Gasteiger partial charge in [-0.25, -0.2) is 4.79 Å². The number of rotatable bonds is 4. The van der Waals surface area contributed by atoms with Crippen molar-refractivity contribution in [1.29, 1.82) is 0 Å². The van der Waals surface area contributed by atoms with Gasteiger partial charge < -0.3 is 20.7 Å². The summed E-state index contributed by atoms with van der Waals surface area (Å²) in [6.07, 6.45) is 4.58. The van der Waals surface area contributed by atoms with E-state index < -0.39 is 0 Å². The number of likely N-dealkylation sites (tertiary alicyclic amines) is 1. The average molecular weight is 307 g/mol. The van der Waals surface area contributed by atoms with Crippen LogP contribution in [0.5, 0.6) is 5.75 Å². The molecule has 1 aromatic carbocycles. The number of hydrogen-bond acceptors (Lipinski definition) is 3. The second-order valence-corrected chi connectivity index (χ2v) is 5.64. The zero-order valence-corrected chi connectivity index (χ0v) is 12.8. The molecule has 2 amide bonds. The van der Waals surface area contributed by atoms with E-state index in [2.05, 4.69) is 5.32 Å². The number of carbonyl (C=O) groups excluding carboxylic acids is 1. The minimum atomic E-state index is -0.0336. The molecular weight excluding hydrogens is 286 g/mol. The molecule has 1 fully saturated rings. The lowest BCUT2D eigenvalue weighted by Crippen LogP contribution is -2.35. The second kappa shape index (κ2) is 7.83. The molecule has 2 rings (SSSR count). The number of ether oxygens (including phenoxy) is 1. The summed E-state index contributed by atoms with van der Waals surface area (Å²) in [5.41, 5.74) is 6.13. The van der Waals surface area contributed by atoms with Gasteiger partial charge in [0.25, 0.3) is 0 Å².